The molecule has 37 heavy (non-hydrogen) atoms. The summed E-state index contributed by atoms with van der Waals surface area (Å²) < 4.78 is 39.2. The van der Waals surface area contributed by atoms with Crippen molar-refractivity contribution in [3.8, 4) is 17.1 Å². The zero-order valence-corrected chi connectivity index (χ0v) is 21.1. The van der Waals surface area contributed by atoms with Crippen molar-refractivity contribution in [2.45, 2.75) is 6.18 Å². The van der Waals surface area contributed by atoms with Crippen molar-refractivity contribution < 1.29 is 18.0 Å². The summed E-state index contributed by atoms with van der Waals surface area (Å²) in [7, 11) is 0. The van der Waals surface area contributed by atoms with Crippen molar-refractivity contribution in [3.05, 3.63) is 101 Å². The first-order valence-corrected chi connectivity index (χ1v) is 12.2. The van der Waals surface area contributed by atoms with E-state index in [1.54, 1.807) is 11.1 Å². The van der Waals surface area contributed by atoms with Crippen LogP contribution in [0.1, 0.15) is 5.56 Å². The molecule has 1 aliphatic rings. The maximum atomic E-state index is 12.4. The average Bonchev–Trinajstić information content (AvgIpc) is 3.39. The Labute approximate surface area is 222 Å². The first-order valence-electron chi connectivity index (χ1n) is 11.4. The molecule has 0 aliphatic carbocycles. The lowest BCUT2D eigenvalue weighted by Crippen LogP contribution is -2.45. The molecule has 1 saturated heterocycles. The topological polar surface area (TPSA) is 41.4 Å². The highest BCUT2D eigenvalue weighted by Gasteiger charge is 2.30. The van der Waals surface area contributed by atoms with E-state index < -0.39 is 11.7 Å². The molecule has 2 heterocycles. The second-order valence-corrected chi connectivity index (χ2v) is 9.09. The quantitative estimate of drug-likeness (QED) is 0.263. The minimum atomic E-state index is -4.30. The van der Waals surface area contributed by atoms with Gasteiger partial charge in [0.05, 0.1) is 10.6 Å². The van der Waals surface area contributed by atoms with Gasteiger partial charge in [0.25, 0.3) is 0 Å². The Morgan fingerprint density at radius 1 is 0.811 bits per heavy atom. The fourth-order valence-corrected chi connectivity index (χ4v) is 4.25. The van der Waals surface area contributed by atoms with Gasteiger partial charge in [-0.05, 0) is 60.7 Å². The summed E-state index contributed by atoms with van der Waals surface area (Å²) >= 11 is 12.1. The van der Waals surface area contributed by atoms with Crippen molar-refractivity contribution in [2.75, 3.05) is 31.1 Å². The van der Waals surface area contributed by atoms with E-state index in [0.29, 0.717) is 36.2 Å². The zero-order chi connectivity index (χ0) is 26.4. The van der Waals surface area contributed by atoms with Crippen molar-refractivity contribution in [1.29, 1.82) is 0 Å². The van der Waals surface area contributed by atoms with Crippen molar-refractivity contribution >= 4 is 35.3 Å². The molecule has 0 unspecified atom stereocenters. The van der Waals surface area contributed by atoms with Crippen LogP contribution in [-0.2, 0) is 11.0 Å². The van der Waals surface area contributed by atoms with Crippen LogP contribution in [0.3, 0.4) is 0 Å². The number of aromatic nitrogens is 2. The Morgan fingerprint density at radius 3 is 2.03 bits per heavy atom. The molecule has 0 atom stereocenters. The predicted octanol–water partition coefficient (Wildman–Crippen LogP) is 6.83. The number of anilines is 1. The lowest BCUT2D eigenvalue weighted by Gasteiger charge is -2.34. The number of nitrogens with zero attached hydrogens (tertiary/aromatic N) is 4. The van der Waals surface area contributed by atoms with Gasteiger partial charge in [-0.1, -0.05) is 35.3 Å². The van der Waals surface area contributed by atoms with Crippen LogP contribution in [0, 0.1) is 0 Å². The Bertz CT molecular complexity index is 1320. The average molecular weight is 547 g/mol. The number of hydrogen-bond donors (Lipinski definition) is 0. The standard InChI is InChI=1S/C15H10Cl2N2.C12H13F3N2O/c16-11-5-7-12(8-6-11)19-10-9-18-15(19)13-3-1-2-4-14(13)17;13-12(14,15)10-1-3-11(4-2-10)17-7-5-16(9-18)6-8-17/h1-10H;1-4,9H,5-8H2. The fourth-order valence-electron chi connectivity index (χ4n) is 3.90. The van der Waals surface area contributed by atoms with Gasteiger partial charge in [0.2, 0.25) is 6.41 Å². The molecular weight excluding hydrogens is 524 g/mol. The fraction of sp³-hybridized carbons (Fsp3) is 0.185. The van der Waals surface area contributed by atoms with E-state index in [9.17, 15) is 18.0 Å². The first-order chi connectivity index (χ1) is 17.8. The highest BCUT2D eigenvalue weighted by atomic mass is 35.5. The van der Waals surface area contributed by atoms with Gasteiger partial charge in [-0.3, -0.25) is 9.36 Å². The smallest absolute Gasteiger partial charge is 0.368 e. The van der Waals surface area contributed by atoms with Gasteiger partial charge in [-0.25, -0.2) is 4.98 Å². The van der Waals surface area contributed by atoms with Crippen molar-refractivity contribution in [3.63, 3.8) is 0 Å². The number of carbonyl (C=O) groups is 1. The molecule has 10 heteroatoms. The number of imidazole rings is 1. The van der Waals surface area contributed by atoms with Crippen LogP contribution in [0.25, 0.3) is 17.1 Å². The first kappa shape index (κ1) is 26.6. The van der Waals surface area contributed by atoms with Crippen LogP contribution in [0.4, 0.5) is 18.9 Å². The van der Waals surface area contributed by atoms with E-state index in [1.165, 1.54) is 12.1 Å². The summed E-state index contributed by atoms with van der Waals surface area (Å²) in [6.07, 6.45) is 0.161. The molecule has 192 valence electrons. The van der Waals surface area contributed by atoms with E-state index >= 15 is 0 Å². The predicted molar refractivity (Wildman–Crippen MR) is 140 cm³/mol. The van der Waals surface area contributed by atoms with Crippen LogP contribution < -0.4 is 4.90 Å². The number of carbonyl (C=O) groups excluding carboxylic acids is 1. The summed E-state index contributed by atoms with van der Waals surface area (Å²) in [6, 6.07) is 20.4. The number of halogens is 5. The van der Waals surface area contributed by atoms with E-state index in [1.807, 2.05) is 64.2 Å². The van der Waals surface area contributed by atoms with E-state index in [2.05, 4.69) is 4.98 Å². The largest absolute Gasteiger partial charge is 0.416 e. The summed E-state index contributed by atoms with van der Waals surface area (Å²) in [5.41, 5.74) is 2.02. The number of rotatable bonds is 4. The Hall–Kier alpha value is -3.49. The maximum Gasteiger partial charge on any atom is 0.416 e. The number of amides is 1. The van der Waals surface area contributed by atoms with Crippen molar-refractivity contribution in [1.82, 2.24) is 14.5 Å². The Kier molecular flexibility index (Phi) is 8.41. The number of alkyl halides is 3. The normalized spacial score (nSPS) is 13.6. The van der Waals surface area contributed by atoms with Gasteiger partial charge in [0.1, 0.15) is 5.82 Å². The summed E-state index contributed by atoms with van der Waals surface area (Å²) in [6.45, 7) is 2.49. The number of piperazine rings is 1. The van der Waals surface area contributed by atoms with Gasteiger partial charge in [0.15, 0.2) is 0 Å². The molecule has 1 amide bonds. The zero-order valence-electron chi connectivity index (χ0n) is 19.6. The van der Waals surface area contributed by atoms with E-state index in [-0.39, 0.29) is 0 Å². The maximum absolute atomic E-state index is 12.4. The monoisotopic (exact) mass is 546 g/mol. The van der Waals surface area contributed by atoms with Gasteiger partial charge >= 0.3 is 6.18 Å². The van der Waals surface area contributed by atoms with Gasteiger partial charge < -0.3 is 9.80 Å². The molecule has 0 radical (unpaired) electrons. The minimum absolute atomic E-state index is 0.602. The van der Waals surface area contributed by atoms with Gasteiger partial charge in [0, 0.05) is 60.5 Å². The number of benzene rings is 3. The number of hydrogen-bond acceptors (Lipinski definition) is 3. The molecule has 0 saturated carbocycles. The molecule has 1 aliphatic heterocycles. The lowest BCUT2D eigenvalue weighted by atomic mass is 10.1. The molecule has 1 fully saturated rings. The van der Waals surface area contributed by atoms with E-state index in [4.69, 9.17) is 23.2 Å². The highest BCUT2D eigenvalue weighted by molar-refractivity contribution is 6.33. The Morgan fingerprint density at radius 2 is 1.43 bits per heavy atom. The molecule has 0 spiro atoms. The van der Waals surface area contributed by atoms with Crippen molar-refractivity contribution in [2.24, 2.45) is 0 Å². The lowest BCUT2D eigenvalue weighted by molar-refractivity contribution is -0.137. The van der Waals surface area contributed by atoms with Crippen LogP contribution in [0.5, 0.6) is 0 Å². The van der Waals surface area contributed by atoms with Gasteiger partial charge in [-0.2, -0.15) is 13.2 Å². The second-order valence-electron chi connectivity index (χ2n) is 8.25. The third kappa shape index (κ3) is 6.64. The SMILES string of the molecule is Clc1ccc(-n2ccnc2-c2ccccc2Cl)cc1.O=CN1CCN(c2ccc(C(F)(F)F)cc2)CC1. The third-order valence-corrected chi connectivity index (χ3v) is 6.46. The Balaban J connectivity index is 0.000000173. The molecule has 1 aromatic heterocycles. The van der Waals surface area contributed by atoms with Crippen LogP contribution in [-0.4, -0.2) is 47.0 Å². The van der Waals surface area contributed by atoms with Crippen LogP contribution in [0.15, 0.2) is 85.2 Å². The van der Waals surface area contributed by atoms with Crippen LogP contribution in [0.2, 0.25) is 10.0 Å². The van der Waals surface area contributed by atoms with Crippen LogP contribution >= 0.6 is 23.2 Å². The molecule has 3 aromatic carbocycles. The summed E-state index contributed by atoms with van der Waals surface area (Å²) in [5, 5.41) is 1.40. The molecule has 4 aromatic rings. The molecule has 0 bridgehead atoms. The third-order valence-electron chi connectivity index (χ3n) is 5.88. The van der Waals surface area contributed by atoms with E-state index in [0.717, 1.165) is 41.3 Å². The molecule has 5 nitrogen and oxygen atoms in total. The molecular formula is C27H23Cl2F3N4O. The summed E-state index contributed by atoms with van der Waals surface area (Å²) in [5.74, 6) is 0.813. The molecule has 5 rings (SSSR count). The highest BCUT2D eigenvalue weighted by Crippen LogP contribution is 2.31. The second kappa shape index (κ2) is 11.7. The molecule has 0 N–H and O–H groups in total. The summed E-state index contributed by atoms with van der Waals surface area (Å²) in [4.78, 5) is 18.6. The van der Waals surface area contributed by atoms with Gasteiger partial charge in [-0.15, -0.1) is 0 Å². The minimum Gasteiger partial charge on any atom is -0.368 e.